The standard InChI is InChI=1S/C12H15NO3/c1-16-11-5-3-2-4-8(11)9-6-7-10(13-9)12(14)15/h2-5,9-10,13H,6-7H2,1H3,(H,14,15)/t9?,10-/m0/s1. The van der Waals surface area contributed by atoms with E-state index in [1.807, 2.05) is 24.3 Å². The second-order valence-electron chi connectivity index (χ2n) is 3.93. The Hall–Kier alpha value is -1.55. The van der Waals surface area contributed by atoms with Gasteiger partial charge in [0.15, 0.2) is 0 Å². The molecule has 1 aliphatic rings. The Bertz CT molecular complexity index is 392. The summed E-state index contributed by atoms with van der Waals surface area (Å²) in [5.41, 5.74) is 1.04. The van der Waals surface area contributed by atoms with Crippen molar-refractivity contribution in [1.82, 2.24) is 5.32 Å². The molecule has 1 fully saturated rings. The Morgan fingerprint density at radius 2 is 2.19 bits per heavy atom. The third kappa shape index (κ3) is 2.02. The van der Waals surface area contributed by atoms with E-state index in [0.29, 0.717) is 6.42 Å². The lowest BCUT2D eigenvalue weighted by Gasteiger charge is -2.15. The van der Waals surface area contributed by atoms with Crippen molar-refractivity contribution in [3.63, 3.8) is 0 Å². The van der Waals surface area contributed by atoms with E-state index in [0.717, 1.165) is 17.7 Å². The molecule has 1 aromatic rings. The van der Waals surface area contributed by atoms with Crippen LogP contribution in [0, 0.1) is 0 Å². The van der Waals surface area contributed by atoms with E-state index in [2.05, 4.69) is 5.32 Å². The van der Waals surface area contributed by atoms with Crippen LogP contribution in [-0.2, 0) is 4.79 Å². The van der Waals surface area contributed by atoms with E-state index < -0.39 is 12.0 Å². The summed E-state index contributed by atoms with van der Waals surface area (Å²) in [6.07, 6.45) is 1.50. The van der Waals surface area contributed by atoms with Crippen LogP contribution in [0.5, 0.6) is 5.75 Å². The number of rotatable bonds is 3. The van der Waals surface area contributed by atoms with Gasteiger partial charge in [0.2, 0.25) is 0 Å². The van der Waals surface area contributed by atoms with E-state index in [1.165, 1.54) is 0 Å². The van der Waals surface area contributed by atoms with Crippen molar-refractivity contribution in [2.45, 2.75) is 24.9 Å². The molecule has 86 valence electrons. The number of hydrogen-bond acceptors (Lipinski definition) is 3. The van der Waals surface area contributed by atoms with Gasteiger partial charge in [-0.15, -0.1) is 0 Å². The maximum Gasteiger partial charge on any atom is 0.320 e. The molecule has 0 aromatic heterocycles. The first kappa shape index (κ1) is 11.0. The molecule has 1 saturated heterocycles. The molecule has 1 unspecified atom stereocenters. The normalized spacial score (nSPS) is 24.3. The average Bonchev–Trinajstić information content (AvgIpc) is 2.78. The Morgan fingerprint density at radius 1 is 1.44 bits per heavy atom. The van der Waals surface area contributed by atoms with Gasteiger partial charge in [-0.1, -0.05) is 18.2 Å². The van der Waals surface area contributed by atoms with Crippen molar-refractivity contribution in [3.05, 3.63) is 29.8 Å². The first-order valence-corrected chi connectivity index (χ1v) is 5.34. The van der Waals surface area contributed by atoms with E-state index in [4.69, 9.17) is 9.84 Å². The van der Waals surface area contributed by atoms with Crippen molar-refractivity contribution >= 4 is 5.97 Å². The monoisotopic (exact) mass is 221 g/mol. The highest BCUT2D eigenvalue weighted by Gasteiger charge is 2.30. The first-order valence-electron chi connectivity index (χ1n) is 5.34. The Labute approximate surface area is 94.2 Å². The number of nitrogens with one attached hydrogen (secondary N) is 1. The van der Waals surface area contributed by atoms with Gasteiger partial charge in [0, 0.05) is 11.6 Å². The maximum atomic E-state index is 10.8. The summed E-state index contributed by atoms with van der Waals surface area (Å²) < 4.78 is 5.27. The molecule has 0 bridgehead atoms. The fraction of sp³-hybridized carbons (Fsp3) is 0.417. The van der Waals surface area contributed by atoms with Gasteiger partial charge in [-0.3, -0.25) is 10.1 Å². The van der Waals surface area contributed by atoms with Gasteiger partial charge in [0.25, 0.3) is 0 Å². The number of ether oxygens (including phenoxy) is 1. The molecule has 0 spiro atoms. The van der Waals surface area contributed by atoms with E-state index in [1.54, 1.807) is 7.11 Å². The molecule has 0 amide bonds. The maximum absolute atomic E-state index is 10.8. The zero-order valence-corrected chi connectivity index (χ0v) is 9.14. The third-order valence-electron chi connectivity index (χ3n) is 2.96. The molecule has 2 N–H and O–H groups in total. The van der Waals surface area contributed by atoms with Crippen LogP contribution in [0.15, 0.2) is 24.3 Å². The zero-order valence-electron chi connectivity index (χ0n) is 9.14. The summed E-state index contributed by atoms with van der Waals surface area (Å²) in [5, 5.41) is 12.0. The lowest BCUT2D eigenvalue weighted by Crippen LogP contribution is -2.31. The molecule has 2 rings (SSSR count). The minimum atomic E-state index is -0.780. The number of carboxylic acid groups (broad SMARTS) is 1. The SMILES string of the molecule is COc1ccccc1C1CC[C@@H](C(=O)O)N1. The lowest BCUT2D eigenvalue weighted by atomic mass is 10.0. The molecule has 0 saturated carbocycles. The van der Waals surface area contributed by atoms with Crippen LogP contribution in [0.1, 0.15) is 24.4 Å². The Kier molecular flexibility index (Phi) is 3.10. The van der Waals surface area contributed by atoms with Crippen LogP contribution in [0.3, 0.4) is 0 Å². The number of benzene rings is 1. The highest BCUT2D eigenvalue weighted by atomic mass is 16.5. The summed E-state index contributed by atoms with van der Waals surface area (Å²) >= 11 is 0. The quantitative estimate of drug-likeness (QED) is 0.813. The number of methoxy groups -OCH3 is 1. The van der Waals surface area contributed by atoms with E-state index in [-0.39, 0.29) is 6.04 Å². The van der Waals surface area contributed by atoms with Crippen molar-refractivity contribution in [3.8, 4) is 5.75 Å². The molecule has 1 heterocycles. The van der Waals surface area contributed by atoms with Crippen LogP contribution in [-0.4, -0.2) is 24.2 Å². The topological polar surface area (TPSA) is 58.6 Å². The summed E-state index contributed by atoms with van der Waals surface area (Å²) in [4.78, 5) is 10.8. The fourth-order valence-corrected chi connectivity index (χ4v) is 2.14. The van der Waals surface area contributed by atoms with E-state index >= 15 is 0 Å². The highest BCUT2D eigenvalue weighted by Crippen LogP contribution is 2.32. The third-order valence-corrected chi connectivity index (χ3v) is 2.96. The molecule has 2 atom stereocenters. The van der Waals surface area contributed by atoms with Crippen LogP contribution < -0.4 is 10.1 Å². The Morgan fingerprint density at radius 3 is 2.81 bits per heavy atom. The largest absolute Gasteiger partial charge is 0.496 e. The second kappa shape index (κ2) is 4.53. The predicted molar refractivity (Wildman–Crippen MR) is 59.5 cm³/mol. The lowest BCUT2D eigenvalue weighted by molar-refractivity contribution is -0.139. The van der Waals surface area contributed by atoms with Gasteiger partial charge in [-0.2, -0.15) is 0 Å². The molecular weight excluding hydrogens is 206 g/mol. The van der Waals surface area contributed by atoms with Crippen LogP contribution >= 0.6 is 0 Å². The molecule has 4 nitrogen and oxygen atoms in total. The van der Waals surface area contributed by atoms with Crippen molar-refractivity contribution in [2.24, 2.45) is 0 Å². The van der Waals surface area contributed by atoms with Gasteiger partial charge in [-0.05, 0) is 18.9 Å². The van der Waals surface area contributed by atoms with Crippen LogP contribution in [0.25, 0.3) is 0 Å². The highest BCUT2D eigenvalue weighted by molar-refractivity contribution is 5.74. The summed E-state index contributed by atoms with van der Waals surface area (Å²) in [6.45, 7) is 0. The number of hydrogen-bond donors (Lipinski definition) is 2. The fourth-order valence-electron chi connectivity index (χ4n) is 2.14. The van der Waals surface area contributed by atoms with Crippen LogP contribution in [0.2, 0.25) is 0 Å². The van der Waals surface area contributed by atoms with Crippen molar-refractivity contribution in [1.29, 1.82) is 0 Å². The van der Waals surface area contributed by atoms with Gasteiger partial charge in [0.05, 0.1) is 7.11 Å². The summed E-state index contributed by atoms with van der Waals surface area (Å²) in [5.74, 6) is 0.0310. The molecule has 16 heavy (non-hydrogen) atoms. The minimum Gasteiger partial charge on any atom is -0.496 e. The molecule has 4 heteroatoms. The average molecular weight is 221 g/mol. The van der Waals surface area contributed by atoms with Gasteiger partial charge < -0.3 is 9.84 Å². The minimum absolute atomic E-state index is 0.0808. The Balaban J connectivity index is 2.17. The van der Waals surface area contributed by atoms with Gasteiger partial charge >= 0.3 is 5.97 Å². The van der Waals surface area contributed by atoms with Crippen LogP contribution in [0.4, 0.5) is 0 Å². The number of carbonyl (C=O) groups is 1. The van der Waals surface area contributed by atoms with Crippen molar-refractivity contribution in [2.75, 3.05) is 7.11 Å². The van der Waals surface area contributed by atoms with E-state index in [9.17, 15) is 4.79 Å². The van der Waals surface area contributed by atoms with Crippen molar-refractivity contribution < 1.29 is 14.6 Å². The number of aliphatic carboxylic acids is 1. The molecule has 1 aromatic carbocycles. The van der Waals surface area contributed by atoms with Gasteiger partial charge in [0.1, 0.15) is 11.8 Å². The molecule has 0 radical (unpaired) electrons. The summed E-state index contributed by atoms with van der Waals surface area (Å²) in [7, 11) is 1.63. The molecule has 1 aliphatic heterocycles. The molecule has 0 aliphatic carbocycles. The number of para-hydroxylation sites is 1. The predicted octanol–water partition coefficient (Wildman–Crippen LogP) is 1.57. The summed E-state index contributed by atoms with van der Waals surface area (Å²) in [6, 6.07) is 7.36. The molecular formula is C12H15NO3. The first-order chi connectivity index (χ1) is 7.72. The second-order valence-corrected chi connectivity index (χ2v) is 3.93. The zero-order chi connectivity index (χ0) is 11.5. The van der Waals surface area contributed by atoms with Gasteiger partial charge in [-0.25, -0.2) is 0 Å². The smallest absolute Gasteiger partial charge is 0.320 e. The number of carboxylic acids is 1.